The Morgan fingerprint density at radius 2 is 1.71 bits per heavy atom. The van der Waals surface area contributed by atoms with E-state index in [9.17, 15) is 4.79 Å². The predicted molar refractivity (Wildman–Crippen MR) is 87.5 cm³/mol. The number of carbonyl (C=O) groups excluding carboxylic acids is 1. The highest BCUT2D eigenvalue weighted by atomic mass is 35.5. The fourth-order valence-electron chi connectivity index (χ4n) is 2.41. The van der Waals surface area contributed by atoms with Crippen LogP contribution in [0.1, 0.15) is 30.5 Å². The van der Waals surface area contributed by atoms with Gasteiger partial charge >= 0.3 is 0 Å². The van der Waals surface area contributed by atoms with E-state index in [1.807, 2.05) is 69.3 Å². The zero-order valence-electron chi connectivity index (χ0n) is 12.6. The molecule has 2 aromatic rings. The number of amides is 1. The van der Waals surface area contributed by atoms with E-state index in [2.05, 4.69) is 5.32 Å². The molecule has 0 fully saturated rings. The quantitative estimate of drug-likeness (QED) is 0.899. The fraction of sp³-hybridized carbons (Fsp3) is 0.278. The summed E-state index contributed by atoms with van der Waals surface area (Å²) < 4.78 is 0. The molecule has 3 heteroatoms. The van der Waals surface area contributed by atoms with Gasteiger partial charge in [-0.3, -0.25) is 4.79 Å². The van der Waals surface area contributed by atoms with Gasteiger partial charge in [-0.2, -0.15) is 0 Å². The van der Waals surface area contributed by atoms with Gasteiger partial charge in [0.15, 0.2) is 0 Å². The molecule has 0 aliphatic rings. The first-order valence-corrected chi connectivity index (χ1v) is 7.38. The van der Waals surface area contributed by atoms with Crippen LogP contribution in [0.3, 0.4) is 0 Å². The lowest BCUT2D eigenvalue weighted by molar-refractivity contribution is -0.122. The van der Waals surface area contributed by atoms with Crippen LogP contribution in [0.15, 0.2) is 48.5 Å². The van der Waals surface area contributed by atoms with Crippen molar-refractivity contribution < 1.29 is 4.79 Å². The minimum Gasteiger partial charge on any atom is -0.347 e. The van der Waals surface area contributed by atoms with E-state index in [-0.39, 0.29) is 5.91 Å². The Morgan fingerprint density at radius 1 is 1.10 bits per heavy atom. The fourth-order valence-corrected chi connectivity index (χ4v) is 2.78. The summed E-state index contributed by atoms with van der Waals surface area (Å²) in [5, 5.41) is 3.73. The summed E-state index contributed by atoms with van der Waals surface area (Å²) in [7, 11) is 0. The van der Waals surface area contributed by atoms with Crippen molar-refractivity contribution in [3.63, 3.8) is 0 Å². The van der Waals surface area contributed by atoms with E-state index in [4.69, 9.17) is 11.6 Å². The van der Waals surface area contributed by atoms with Crippen molar-refractivity contribution in [2.75, 3.05) is 0 Å². The van der Waals surface area contributed by atoms with Crippen LogP contribution in [0.25, 0.3) is 0 Å². The number of hydrogen-bond acceptors (Lipinski definition) is 1. The SMILES string of the molecule is Cc1ccccc1CC(=O)NC(C)(C)c1ccccc1Cl. The average Bonchev–Trinajstić information content (AvgIpc) is 2.41. The normalized spacial score (nSPS) is 11.2. The van der Waals surface area contributed by atoms with E-state index in [1.165, 1.54) is 0 Å². The van der Waals surface area contributed by atoms with Gasteiger partial charge in [-0.25, -0.2) is 0 Å². The second-order valence-electron chi connectivity index (χ2n) is 5.76. The van der Waals surface area contributed by atoms with Crippen LogP contribution < -0.4 is 5.32 Å². The van der Waals surface area contributed by atoms with Gasteiger partial charge in [0.1, 0.15) is 0 Å². The molecule has 0 saturated carbocycles. The molecule has 0 unspecified atom stereocenters. The second kappa shape index (κ2) is 6.31. The van der Waals surface area contributed by atoms with Crippen molar-refractivity contribution in [2.24, 2.45) is 0 Å². The van der Waals surface area contributed by atoms with Crippen molar-refractivity contribution in [2.45, 2.75) is 32.7 Å². The van der Waals surface area contributed by atoms with Gasteiger partial charge in [-0.05, 0) is 43.5 Å². The van der Waals surface area contributed by atoms with Crippen LogP contribution in [0.5, 0.6) is 0 Å². The Hall–Kier alpha value is -1.80. The second-order valence-corrected chi connectivity index (χ2v) is 6.16. The van der Waals surface area contributed by atoms with Gasteiger partial charge in [0, 0.05) is 5.02 Å². The van der Waals surface area contributed by atoms with Gasteiger partial charge in [0.2, 0.25) is 5.91 Å². The summed E-state index contributed by atoms with van der Waals surface area (Å²) in [6, 6.07) is 15.5. The Kier molecular flexibility index (Phi) is 4.69. The maximum absolute atomic E-state index is 12.3. The minimum atomic E-state index is -0.502. The van der Waals surface area contributed by atoms with Crippen LogP contribution in [0, 0.1) is 6.92 Å². The third-order valence-corrected chi connectivity index (χ3v) is 3.94. The van der Waals surface area contributed by atoms with Gasteiger partial charge in [0.05, 0.1) is 12.0 Å². The molecule has 21 heavy (non-hydrogen) atoms. The van der Waals surface area contributed by atoms with Gasteiger partial charge in [0.25, 0.3) is 0 Å². The molecule has 110 valence electrons. The van der Waals surface area contributed by atoms with E-state index < -0.39 is 5.54 Å². The molecule has 0 aliphatic heterocycles. The zero-order chi connectivity index (χ0) is 15.5. The summed E-state index contributed by atoms with van der Waals surface area (Å²) in [5.74, 6) is -0.00535. The maximum atomic E-state index is 12.3. The highest BCUT2D eigenvalue weighted by Crippen LogP contribution is 2.27. The Morgan fingerprint density at radius 3 is 2.38 bits per heavy atom. The predicted octanol–water partition coefficient (Wildman–Crippen LogP) is 4.24. The third-order valence-electron chi connectivity index (χ3n) is 3.61. The van der Waals surface area contributed by atoms with E-state index in [1.54, 1.807) is 0 Å². The van der Waals surface area contributed by atoms with Crippen molar-refractivity contribution in [1.29, 1.82) is 0 Å². The van der Waals surface area contributed by atoms with E-state index in [0.717, 1.165) is 16.7 Å². The van der Waals surface area contributed by atoms with Crippen LogP contribution >= 0.6 is 11.6 Å². The summed E-state index contributed by atoms with van der Waals surface area (Å²) in [6.07, 6.45) is 0.376. The number of rotatable bonds is 4. The molecule has 2 nitrogen and oxygen atoms in total. The molecule has 0 heterocycles. The summed E-state index contributed by atoms with van der Waals surface area (Å²) in [5.41, 5.74) is 2.59. The molecule has 0 bridgehead atoms. The maximum Gasteiger partial charge on any atom is 0.225 e. The third kappa shape index (κ3) is 3.85. The minimum absolute atomic E-state index is 0.00535. The number of benzene rings is 2. The lowest BCUT2D eigenvalue weighted by Crippen LogP contribution is -2.42. The molecular weight excluding hydrogens is 282 g/mol. The van der Waals surface area contributed by atoms with Crippen LogP contribution in [-0.4, -0.2) is 5.91 Å². The Balaban J connectivity index is 2.12. The lowest BCUT2D eigenvalue weighted by atomic mass is 9.93. The standard InChI is InChI=1S/C18H20ClNO/c1-13-8-4-5-9-14(13)12-17(21)20-18(2,3)15-10-6-7-11-16(15)19/h4-11H,12H2,1-3H3,(H,20,21). The van der Waals surface area contributed by atoms with Gasteiger partial charge in [-0.15, -0.1) is 0 Å². The molecule has 1 N–H and O–H groups in total. The topological polar surface area (TPSA) is 29.1 Å². The number of aryl methyl sites for hydroxylation is 1. The van der Waals surface area contributed by atoms with Crippen molar-refractivity contribution >= 4 is 17.5 Å². The smallest absolute Gasteiger partial charge is 0.225 e. The van der Waals surface area contributed by atoms with Crippen LogP contribution in [0.4, 0.5) is 0 Å². The average molecular weight is 302 g/mol. The van der Waals surface area contributed by atoms with Gasteiger partial charge in [-0.1, -0.05) is 54.1 Å². The highest BCUT2D eigenvalue weighted by Gasteiger charge is 2.25. The molecule has 0 aliphatic carbocycles. The number of nitrogens with one attached hydrogen (secondary N) is 1. The first-order chi connectivity index (χ1) is 9.90. The molecule has 2 aromatic carbocycles. The molecule has 0 radical (unpaired) electrons. The molecule has 2 rings (SSSR count). The van der Waals surface area contributed by atoms with Crippen molar-refractivity contribution in [3.8, 4) is 0 Å². The van der Waals surface area contributed by atoms with Crippen molar-refractivity contribution in [3.05, 3.63) is 70.2 Å². The highest BCUT2D eigenvalue weighted by molar-refractivity contribution is 6.31. The Labute approximate surface area is 131 Å². The summed E-state index contributed by atoms with van der Waals surface area (Å²) in [4.78, 5) is 12.3. The number of carbonyl (C=O) groups is 1. The van der Waals surface area contributed by atoms with Crippen molar-refractivity contribution in [1.82, 2.24) is 5.32 Å². The first kappa shape index (κ1) is 15.6. The van der Waals surface area contributed by atoms with Gasteiger partial charge < -0.3 is 5.32 Å². The lowest BCUT2D eigenvalue weighted by Gasteiger charge is -2.28. The molecule has 0 saturated heterocycles. The van der Waals surface area contributed by atoms with Crippen LogP contribution in [0.2, 0.25) is 5.02 Å². The molecule has 1 amide bonds. The number of hydrogen-bond donors (Lipinski definition) is 1. The monoisotopic (exact) mass is 301 g/mol. The Bertz CT molecular complexity index is 649. The first-order valence-electron chi connectivity index (χ1n) is 7.00. The number of halogens is 1. The molecule has 0 aromatic heterocycles. The van der Waals surface area contributed by atoms with Crippen LogP contribution in [-0.2, 0) is 16.8 Å². The molecule has 0 atom stereocenters. The summed E-state index contributed by atoms with van der Waals surface area (Å²) >= 11 is 6.23. The zero-order valence-corrected chi connectivity index (χ0v) is 13.4. The largest absolute Gasteiger partial charge is 0.347 e. The molecule has 0 spiro atoms. The summed E-state index contributed by atoms with van der Waals surface area (Å²) in [6.45, 7) is 5.94. The van der Waals surface area contributed by atoms with E-state index in [0.29, 0.717) is 11.4 Å². The van der Waals surface area contributed by atoms with E-state index >= 15 is 0 Å². The molecular formula is C18H20ClNO.